The molecule has 3 saturated heterocycles. The van der Waals surface area contributed by atoms with Crippen LogP contribution >= 0.6 is 11.6 Å². The molecule has 25 nitrogen and oxygen atoms in total. The van der Waals surface area contributed by atoms with E-state index in [-0.39, 0.29) is 62.6 Å². The number of aryl methyl sites for hydroxylation is 1. The van der Waals surface area contributed by atoms with Gasteiger partial charge in [-0.3, -0.25) is 43.8 Å². The number of unbranched alkanes of at least 4 members (excludes halogenated alkanes) is 2. The van der Waals surface area contributed by atoms with Gasteiger partial charge in [0.25, 0.3) is 17.7 Å². The van der Waals surface area contributed by atoms with Crippen molar-refractivity contribution in [1.82, 2.24) is 31.1 Å². The third-order valence-electron chi connectivity index (χ3n) is 17.6. The summed E-state index contributed by atoms with van der Waals surface area (Å²) in [5.74, 6) is -5.12. The number of methoxy groups -OCH3 is 1. The number of urea groups is 1. The second kappa shape index (κ2) is 31.1. The summed E-state index contributed by atoms with van der Waals surface area (Å²) < 4.78 is 29.8. The number of likely N-dealkylation sites (N-methyl/N-ethyl adjacent to an activating group) is 1. The van der Waals surface area contributed by atoms with Crippen LogP contribution in [-0.2, 0) is 70.1 Å². The van der Waals surface area contributed by atoms with E-state index in [1.54, 1.807) is 59.0 Å². The molecule has 9 amide bonds. The lowest BCUT2D eigenvalue weighted by molar-refractivity contribution is -0.158. The number of carbonyl (C=O) groups is 10. The highest BCUT2D eigenvalue weighted by molar-refractivity contribution is 6.34. The largest absolute Gasteiger partial charge is 0.457 e. The van der Waals surface area contributed by atoms with E-state index < -0.39 is 120 Å². The minimum atomic E-state index is -1.91. The number of Topliss-reactive ketones (excluding diaryl/α,β-unsaturated/α-hetero) is 1. The maximum absolute atomic E-state index is 14.7. The molecule has 0 unspecified atom stereocenters. The van der Waals surface area contributed by atoms with Gasteiger partial charge in [-0.25, -0.2) is 14.4 Å². The Hall–Kier alpha value is -7.71. The van der Waals surface area contributed by atoms with Gasteiger partial charge < -0.3 is 65.2 Å². The number of benzene rings is 2. The molecule has 3 fully saturated rings. The average molecular weight is 1290 g/mol. The maximum atomic E-state index is 14.7. The zero-order valence-electron chi connectivity index (χ0n) is 53.6. The Morgan fingerprint density at radius 3 is 2.33 bits per heavy atom. The Morgan fingerprint density at radius 2 is 1.66 bits per heavy atom. The number of morpholine rings is 1. The first-order valence-corrected chi connectivity index (χ1v) is 31.4. The number of nitrogens with one attached hydrogen (secondary N) is 4. The highest BCUT2D eigenvalue weighted by atomic mass is 35.5. The fourth-order valence-corrected chi connectivity index (χ4v) is 12.2. The van der Waals surface area contributed by atoms with E-state index in [9.17, 15) is 53.1 Å². The quantitative estimate of drug-likeness (QED) is 0.0382. The zero-order valence-corrected chi connectivity index (χ0v) is 54.4. The van der Waals surface area contributed by atoms with Crippen molar-refractivity contribution in [2.45, 2.75) is 167 Å². The number of alkyl carbamates (subject to hydrolysis) is 1. The van der Waals surface area contributed by atoms with Gasteiger partial charge in [0, 0.05) is 96.0 Å². The molecule has 5 aliphatic heterocycles. The molecule has 7 N–H and O–H groups in total. The number of primary amides is 1. The second-order valence-electron chi connectivity index (χ2n) is 24.8. The number of rotatable bonds is 23. The van der Waals surface area contributed by atoms with Crippen LogP contribution < -0.4 is 36.8 Å². The molecule has 7 rings (SSSR count). The van der Waals surface area contributed by atoms with Gasteiger partial charge in [0.2, 0.25) is 17.7 Å². The summed E-state index contributed by atoms with van der Waals surface area (Å²) in [7, 11) is 4.42. The number of carbonyl (C=O) groups excluding carboxylic acids is 10. The van der Waals surface area contributed by atoms with E-state index in [2.05, 4.69) is 21.3 Å². The van der Waals surface area contributed by atoms with Gasteiger partial charge in [0.05, 0.1) is 42.5 Å². The molecular weight excluding hydrogens is 1200 g/mol. The lowest BCUT2D eigenvalue weighted by Crippen LogP contribution is -2.63. The summed E-state index contributed by atoms with van der Waals surface area (Å²) in [6, 6.07) is 4.40. The van der Waals surface area contributed by atoms with Crippen LogP contribution in [0.25, 0.3) is 0 Å². The third kappa shape index (κ3) is 17.9. The van der Waals surface area contributed by atoms with Crippen molar-refractivity contribution in [2.75, 3.05) is 70.4 Å². The smallest absolute Gasteiger partial charge is 0.409 e. The van der Waals surface area contributed by atoms with E-state index >= 15 is 0 Å². The minimum absolute atomic E-state index is 0.0730. The topological polar surface area (TPSA) is 327 Å². The maximum Gasteiger partial charge on any atom is 0.409 e. The van der Waals surface area contributed by atoms with Crippen LogP contribution in [-0.4, -0.2) is 189 Å². The number of ether oxygens (including phenoxy) is 5. The van der Waals surface area contributed by atoms with Gasteiger partial charge in [0.1, 0.15) is 36.0 Å². The van der Waals surface area contributed by atoms with Crippen molar-refractivity contribution in [3.63, 3.8) is 0 Å². The van der Waals surface area contributed by atoms with Gasteiger partial charge in [-0.05, 0) is 101 Å². The summed E-state index contributed by atoms with van der Waals surface area (Å²) in [4.78, 5) is 140. The number of hydrogen-bond acceptors (Lipinski definition) is 17. The zero-order chi connectivity index (χ0) is 66.6. The lowest BCUT2D eigenvalue weighted by atomic mass is 9.83. The summed E-state index contributed by atoms with van der Waals surface area (Å²) in [6.45, 7) is 14.0. The molecule has 496 valence electrons. The Kier molecular flexibility index (Phi) is 24.2. The van der Waals surface area contributed by atoms with E-state index in [0.29, 0.717) is 73.9 Å². The highest BCUT2D eigenvalue weighted by Crippen LogP contribution is 2.49. The van der Waals surface area contributed by atoms with E-state index in [4.69, 9.17) is 41.0 Å². The van der Waals surface area contributed by atoms with Crippen LogP contribution in [0.15, 0.2) is 66.3 Å². The molecule has 0 spiro atoms. The number of nitrogens with zero attached hydrogens (tertiary/aromatic N) is 4. The van der Waals surface area contributed by atoms with E-state index in [1.165, 1.54) is 49.1 Å². The fourth-order valence-electron chi connectivity index (χ4n) is 11.9. The SMILES string of the molecule is CO[C@@H]1/C=C/C=C(\C)Cc2cc(C)c(Cl)c(c2)N(C)C(=O)C[C@H](OC(=O)[C@H](C)N(C)C(=O)c2ccc(CC(=O)[C@H](CCCNC(N)=O)NC(=O)[C@@H](NC(=O)CCCCCN3C(=O)C=CC3=O)C(C)C)c(N3CCOCC3)c2)[C@]2(C)O[C@H]2[C@H](C)[C@@H]2C[C@@]1(O)NC(=O)O2. The predicted octanol–water partition coefficient (Wildman–Crippen LogP) is 4.64. The fraction of sp³-hybridized carbons (Fsp3) is 0.569. The van der Waals surface area contributed by atoms with Crippen molar-refractivity contribution >= 4 is 82.3 Å². The summed E-state index contributed by atoms with van der Waals surface area (Å²) in [5, 5.41) is 23.0. The van der Waals surface area contributed by atoms with Crippen LogP contribution in [0.2, 0.25) is 5.02 Å². The Labute approximate surface area is 536 Å². The number of allylic oxidation sites excluding steroid dienone is 3. The predicted molar refractivity (Wildman–Crippen MR) is 336 cm³/mol. The van der Waals surface area contributed by atoms with Gasteiger partial charge >= 0.3 is 18.1 Å². The van der Waals surface area contributed by atoms with Crippen molar-refractivity contribution in [3.05, 3.63) is 93.6 Å². The number of imide groups is 1. The van der Waals surface area contributed by atoms with Gasteiger partial charge in [-0.2, -0.15) is 0 Å². The molecular formula is C65H88ClN9O16. The molecule has 0 saturated carbocycles. The second-order valence-corrected chi connectivity index (χ2v) is 25.1. The number of epoxide rings is 1. The van der Waals surface area contributed by atoms with Crippen LogP contribution in [0.3, 0.4) is 0 Å². The Morgan fingerprint density at radius 1 is 0.956 bits per heavy atom. The Balaban J connectivity index is 1.09. The molecule has 91 heavy (non-hydrogen) atoms. The van der Waals surface area contributed by atoms with E-state index in [1.807, 2.05) is 37.0 Å². The number of amides is 9. The van der Waals surface area contributed by atoms with Crippen LogP contribution in [0.4, 0.5) is 21.0 Å². The number of anilines is 2. The number of fused-ring (bicyclic) bond motifs is 5. The van der Waals surface area contributed by atoms with Gasteiger partial charge in [-0.15, -0.1) is 0 Å². The van der Waals surface area contributed by atoms with Crippen molar-refractivity contribution in [3.8, 4) is 0 Å². The van der Waals surface area contributed by atoms with Crippen LogP contribution in [0.5, 0.6) is 0 Å². The van der Waals surface area contributed by atoms with E-state index in [0.717, 1.165) is 21.6 Å². The van der Waals surface area contributed by atoms with Gasteiger partial charge in [-0.1, -0.05) is 74.7 Å². The lowest BCUT2D eigenvalue weighted by Gasteiger charge is -2.42. The van der Waals surface area contributed by atoms with Crippen LogP contribution in [0, 0.1) is 18.8 Å². The average Bonchev–Trinajstić information content (AvgIpc) is 1.59. The first kappa shape index (κ1) is 70.7. The molecule has 5 heterocycles. The molecule has 26 heteroatoms. The highest BCUT2D eigenvalue weighted by Gasteiger charge is 2.64. The number of hydrogen-bond donors (Lipinski definition) is 6. The summed E-state index contributed by atoms with van der Waals surface area (Å²) in [6.07, 6.45) is 4.38. The molecule has 2 aromatic rings. The normalized spacial score (nSPS) is 25.4. The molecule has 4 bridgehead atoms. The third-order valence-corrected chi connectivity index (χ3v) is 18.1. The van der Waals surface area contributed by atoms with Gasteiger partial charge in [0.15, 0.2) is 11.5 Å². The number of ketones is 1. The first-order valence-electron chi connectivity index (χ1n) is 31.0. The monoisotopic (exact) mass is 1290 g/mol. The van der Waals surface area contributed by atoms with Crippen molar-refractivity contribution in [2.24, 2.45) is 17.6 Å². The number of nitrogens with two attached hydrogens (primary N) is 1. The van der Waals surface area contributed by atoms with Crippen LogP contribution in [0.1, 0.15) is 120 Å². The molecule has 2 aromatic carbocycles. The standard InChI is InChI=1S/C65H88ClN9O16/c1-37(2)57(70-52(77)19-12-11-13-25-75-53(78)22-23-54(75)79)59(81)69-45(17-15-24-68-62(67)84)48(76)34-43-20-21-44(33-46(43)74-26-28-88-29-27-74)60(82)72(8)41(6)61(83)90-51-35-55(80)73(9)47-32-42(31-39(4)56(47)66)30-38(3)16-14-18-50(87-10)65(86)36-49(89-63(85)71-65)40(5)58-64(51,7)91-58/h14,16,18,20-23,31-33,37,40-41,45,49-51,57-58,86H,11-13,15,17,19,24-30,34-36H2,1-10H3,(H,69,81)(H,70,77)(H,71,85)(H3,67,68,84)/b18-14+,38-16+/t40-,41+,45+,49+,50-,51+,57+,58+,64+,65+/m1/s1. The summed E-state index contributed by atoms with van der Waals surface area (Å²) >= 11 is 6.90. The van der Waals surface area contributed by atoms with Crippen molar-refractivity contribution < 1.29 is 76.7 Å². The first-order chi connectivity index (χ1) is 43.0. The molecule has 0 aromatic heterocycles. The number of halogens is 1. The molecule has 0 aliphatic carbocycles. The number of esters is 1. The number of aliphatic hydroxyl groups is 1. The Bertz CT molecular complexity index is 3170. The minimum Gasteiger partial charge on any atom is -0.457 e. The molecule has 5 aliphatic rings. The molecule has 10 atom stereocenters. The molecule has 0 radical (unpaired) electrons. The van der Waals surface area contributed by atoms with Crippen molar-refractivity contribution in [1.29, 1.82) is 0 Å². The summed E-state index contributed by atoms with van der Waals surface area (Å²) in [5.41, 5.74) is 6.18.